The van der Waals surface area contributed by atoms with Crippen molar-refractivity contribution < 1.29 is 4.79 Å². The predicted molar refractivity (Wildman–Crippen MR) is 56.1 cm³/mol. The summed E-state index contributed by atoms with van der Waals surface area (Å²) in [6.07, 6.45) is 3.52. The van der Waals surface area contributed by atoms with Crippen molar-refractivity contribution in [2.75, 3.05) is 0 Å². The highest BCUT2D eigenvalue weighted by Gasteiger charge is 2.10. The van der Waals surface area contributed by atoms with Gasteiger partial charge in [-0.25, -0.2) is 0 Å². The van der Waals surface area contributed by atoms with E-state index in [4.69, 9.17) is 5.73 Å². The summed E-state index contributed by atoms with van der Waals surface area (Å²) < 4.78 is 0. The lowest BCUT2D eigenvalue weighted by molar-refractivity contribution is -0.102. The molecule has 13 heavy (non-hydrogen) atoms. The highest BCUT2D eigenvalue weighted by atomic mass is 16.1. The molecule has 0 fully saturated rings. The Balaban J connectivity index is 4.16. The van der Waals surface area contributed by atoms with Gasteiger partial charge < -0.3 is 5.73 Å². The van der Waals surface area contributed by atoms with Crippen LogP contribution >= 0.6 is 0 Å². The van der Waals surface area contributed by atoms with Crippen molar-refractivity contribution in [2.45, 2.75) is 52.1 Å². The molecule has 3 heteroatoms. The number of nitrogens with two attached hydrogens (primary N) is 1. The largest absolute Gasteiger partial charge is 0.326 e. The van der Waals surface area contributed by atoms with Gasteiger partial charge in [0, 0.05) is 6.04 Å². The average molecular weight is 184 g/mol. The number of aldehydes is 1. The smallest absolute Gasteiger partial charge is 0.163 e. The van der Waals surface area contributed by atoms with E-state index in [-0.39, 0.29) is 12.1 Å². The molecule has 76 valence electrons. The minimum absolute atomic E-state index is 0.0556. The number of carbonyl (C=O) groups excluding carboxylic acids is 1. The van der Waals surface area contributed by atoms with Crippen molar-refractivity contribution in [3.63, 3.8) is 0 Å². The molecule has 0 aliphatic heterocycles. The van der Waals surface area contributed by atoms with Gasteiger partial charge in [0.15, 0.2) is 6.29 Å². The van der Waals surface area contributed by atoms with Gasteiger partial charge in [-0.15, -0.1) is 0 Å². The number of hydrogen-bond acceptors (Lipinski definition) is 3. The molecule has 2 unspecified atom stereocenters. The summed E-state index contributed by atoms with van der Waals surface area (Å²) in [6.45, 7) is 5.97. The highest BCUT2D eigenvalue weighted by molar-refractivity contribution is 6.28. The molecule has 0 amide bonds. The normalized spacial score (nSPS) is 16.8. The van der Waals surface area contributed by atoms with Crippen LogP contribution in [0.5, 0.6) is 0 Å². The number of nitrogens with zero attached hydrogens (tertiary/aromatic N) is 1. The standard InChI is InChI=1S/C10H20N2O/c1-4-6-10(11)8(3)12-9(5-2)7-13/h7-8,10H,4-6,11H2,1-3H3. The van der Waals surface area contributed by atoms with Crippen LogP contribution in [0.15, 0.2) is 4.99 Å². The Hall–Kier alpha value is -0.700. The van der Waals surface area contributed by atoms with Crippen molar-refractivity contribution in [2.24, 2.45) is 10.7 Å². The molecule has 0 radical (unpaired) electrons. The van der Waals surface area contributed by atoms with E-state index in [1.54, 1.807) is 0 Å². The Morgan fingerprint density at radius 1 is 1.54 bits per heavy atom. The van der Waals surface area contributed by atoms with Crippen LogP contribution in [0, 0.1) is 0 Å². The fraction of sp³-hybridized carbons (Fsp3) is 0.800. The summed E-state index contributed by atoms with van der Waals surface area (Å²) in [5, 5.41) is 0. The molecular weight excluding hydrogens is 164 g/mol. The zero-order valence-corrected chi connectivity index (χ0v) is 8.79. The van der Waals surface area contributed by atoms with Crippen molar-refractivity contribution >= 4 is 12.0 Å². The fourth-order valence-electron chi connectivity index (χ4n) is 1.14. The molecule has 0 aliphatic rings. The van der Waals surface area contributed by atoms with Crippen molar-refractivity contribution in [3.8, 4) is 0 Å². The molecule has 0 bridgehead atoms. The van der Waals surface area contributed by atoms with Crippen LogP contribution in [0.1, 0.15) is 40.0 Å². The topological polar surface area (TPSA) is 55.4 Å². The number of hydrogen-bond donors (Lipinski definition) is 1. The van der Waals surface area contributed by atoms with Crippen LogP contribution in [0.25, 0.3) is 0 Å². The third kappa shape index (κ3) is 4.78. The zero-order valence-electron chi connectivity index (χ0n) is 8.79. The summed E-state index contributed by atoms with van der Waals surface area (Å²) in [5.74, 6) is 0. The molecule has 0 saturated heterocycles. The van der Waals surface area contributed by atoms with Crippen LogP contribution < -0.4 is 5.73 Å². The first-order valence-electron chi connectivity index (χ1n) is 4.93. The van der Waals surface area contributed by atoms with E-state index in [1.165, 1.54) is 0 Å². The second kappa shape index (κ2) is 6.78. The molecule has 0 spiro atoms. The van der Waals surface area contributed by atoms with Crippen LogP contribution in [0.3, 0.4) is 0 Å². The van der Waals surface area contributed by atoms with Gasteiger partial charge in [-0.05, 0) is 19.8 Å². The van der Waals surface area contributed by atoms with Crippen molar-refractivity contribution in [1.82, 2.24) is 0 Å². The Morgan fingerprint density at radius 2 is 2.15 bits per heavy atom. The Labute approximate surface area is 80.4 Å². The summed E-state index contributed by atoms with van der Waals surface area (Å²) in [5.41, 5.74) is 6.47. The average Bonchev–Trinajstić information content (AvgIpc) is 2.14. The quantitative estimate of drug-likeness (QED) is 0.503. The van der Waals surface area contributed by atoms with Crippen molar-refractivity contribution in [1.29, 1.82) is 0 Å². The van der Waals surface area contributed by atoms with E-state index in [0.717, 1.165) is 19.1 Å². The molecule has 0 rings (SSSR count). The summed E-state index contributed by atoms with van der Waals surface area (Å²) in [6, 6.07) is 0.131. The summed E-state index contributed by atoms with van der Waals surface area (Å²) in [7, 11) is 0. The second-order valence-electron chi connectivity index (χ2n) is 3.28. The van der Waals surface area contributed by atoms with Crippen LogP contribution in [-0.2, 0) is 4.79 Å². The maximum Gasteiger partial charge on any atom is 0.163 e. The molecule has 0 aliphatic carbocycles. The van der Waals surface area contributed by atoms with Gasteiger partial charge in [0.2, 0.25) is 0 Å². The van der Waals surface area contributed by atoms with Crippen molar-refractivity contribution in [3.05, 3.63) is 0 Å². The molecule has 0 saturated carbocycles. The van der Waals surface area contributed by atoms with E-state index in [0.29, 0.717) is 12.1 Å². The minimum Gasteiger partial charge on any atom is -0.326 e. The van der Waals surface area contributed by atoms with Gasteiger partial charge in [0.05, 0.1) is 11.8 Å². The third-order valence-corrected chi connectivity index (χ3v) is 2.11. The first kappa shape index (κ1) is 12.3. The molecule has 0 aromatic carbocycles. The lowest BCUT2D eigenvalue weighted by atomic mass is 10.1. The van der Waals surface area contributed by atoms with Gasteiger partial charge in [-0.1, -0.05) is 20.3 Å². The monoisotopic (exact) mass is 184 g/mol. The van der Waals surface area contributed by atoms with Crippen LogP contribution in [-0.4, -0.2) is 24.1 Å². The van der Waals surface area contributed by atoms with Gasteiger partial charge in [0.1, 0.15) is 0 Å². The van der Waals surface area contributed by atoms with Gasteiger partial charge in [-0.2, -0.15) is 0 Å². The van der Waals surface area contributed by atoms with E-state index >= 15 is 0 Å². The number of carbonyl (C=O) groups is 1. The molecule has 0 aromatic heterocycles. The molecule has 3 nitrogen and oxygen atoms in total. The predicted octanol–water partition coefficient (Wildman–Crippen LogP) is 1.55. The second-order valence-corrected chi connectivity index (χ2v) is 3.28. The summed E-state index contributed by atoms with van der Waals surface area (Å²) >= 11 is 0. The maximum atomic E-state index is 10.5. The molecule has 0 aromatic rings. The van der Waals surface area contributed by atoms with Crippen LogP contribution in [0.2, 0.25) is 0 Å². The lowest BCUT2D eigenvalue weighted by Crippen LogP contribution is -2.31. The summed E-state index contributed by atoms with van der Waals surface area (Å²) in [4.78, 5) is 14.7. The fourth-order valence-corrected chi connectivity index (χ4v) is 1.14. The number of rotatable bonds is 6. The van der Waals surface area contributed by atoms with E-state index in [1.807, 2.05) is 13.8 Å². The third-order valence-electron chi connectivity index (χ3n) is 2.11. The van der Waals surface area contributed by atoms with E-state index in [2.05, 4.69) is 11.9 Å². The highest BCUT2D eigenvalue weighted by Crippen LogP contribution is 2.03. The zero-order chi connectivity index (χ0) is 10.3. The molecule has 0 heterocycles. The SMILES string of the molecule is CCCC(N)C(C)N=C(C=O)CC. The molecular formula is C10H20N2O. The van der Waals surface area contributed by atoms with Gasteiger partial charge in [0.25, 0.3) is 0 Å². The van der Waals surface area contributed by atoms with Gasteiger partial charge in [-0.3, -0.25) is 9.79 Å². The van der Waals surface area contributed by atoms with Gasteiger partial charge >= 0.3 is 0 Å². The molecule has 2 atom stereocenters. The Kier molecular flexibility index (Phi) is 6.41. The lowest BCUT2D eigenvalue weighted by Gasteiger charge is -2.15. The minimum atomic E-state index is 0.0556. The Morgan fingerprint density at radius 3 is 2.54 bits per heavy atom. The number of aliphatic imine (C=N–C) groups is 1. The maximum absolute atomic E-state index is 10.5. The first-order valence-corrected chi connectivity index (χ1v) is 4.93. The van der Waals surface area contributed by atoms with E-state index in [9.17, 15) is 4.79 Å². The Bertz CT molecular complexity index is 178. The first-order chi connectivity index (χ1) is 6.15. The van der Waals surface area contributed by atoms with Crippen LogP contribution in [0.4, 0.5) is 0 Å². The van der Waals surface area contributed by atoms with E-state index < -0.39 is 0 Å². The molecule has 2 N–H and O–H groups in total.